The molecule has 0 N–H and O–H groups in total. The van der Waals surface area contributed by atoms with Crippen LogP contribution in [0, 0.1) is 0 Å². The topological polar surface area (TPSA) is 30.7 Å². The molecule has 0 atom stereocenters. The van der Waals surface area contributed by atoms with E-state index in [0.717, 1.165) is 38.5 Å². The van der Waals surface area contributed by atoms with Gasteiger partial charge in [0.25, 0.3) is 0 Å². The summed E-state index contributed by atoms with van der Waals surface area (Å²) in [5, 5.41) is 3.71. The van der Waals surface area contributed by atoms with E-state index in [-0.39, 0.29) is 5.41 Å². The van der Waals surface area contributed by atoms with Crippen molar-refractivity contribution in [3.63, 3.8) is 0 Å². The number of hydrogen-bond acceptors (Lipinski definition) is 3. The molecule has 3 heterocycles. The summed E-state index contributed by atoms with van der Waals surface area (Å²) in [5.74, 6) is 0.735. The Hall–Kier alpha value is -5.58. The van der Waals surface area contributed by atoms with Crippen LogP contribution < -0.4 is 0 Å². The number of rotatable bonds is 3. The van der Waals surface area contributed by atoms with Gasteiger partial charge in [-0.3, -0.25) is 0 Å². The van der Waals surface area contributed by atoms with Crippen LogP contribution in [0.3, 0.4) is 0 Å². The molecule has 0 amide bonds. The third-order valence-corrected chi connectivity index (χ3v) is 11.2. The first kappa shape index (κ1) is 26.6. The molecule has 6 aromatic carbocycles. The van der Waals surface area contributed by atoms with Gasteiger partial charge in [-0.15, -0.1) is 11.3 Å². The second kappa shape index (κ2) is 9.71. The van der Waals surface area contributed by atoms with Crippen LogP contribution >= 0.6 is 11.3 Å². The monoisotopic (exact) mass is 619 g/mol. The van der Waals surface area contributed by atoms with Gasteiger partial charge in [-0.1, -0.05) is 117 Å². The lowest BCUT2D eigenvalue weighted by atomic mass is 9.82. The summed E-state index contributed by atoms with van der Waals surface area (Å²) in [7, 11) is 0. The fraction of sp³-hybridized carbons (Fsp3) is 0.0698. The first-order valence-corrected chi connectivity index (χ1v) is 16.9. The van der Waals surface area contributed by atoms with Gasteiger partial charge in [-0.25, -0.2) is 9.97 Å². The fourth-order valence-electron chi connectivity index (χ4n) is 7.74. The van der Waals surface area contributed by atoms with Gasteiger partial charge in [0.1, 0.15) is 0 Å². The molecule has 0 radical (unpaired) electrons. The van der Waals surface area contributed by atoms with Crippen LogP contribution in [0.15, 0.2) is 140 Å². The van der Waals surface area contributed by atoms with E-state index in [9.17, 15) is 0 Å². The second-order valence-corrected chi connectivity index (χ2v) is 14.1. The van der Waals surface area contributed by atoms with Crippen molar-refractivity contribution in [2.75, 3.05) is 0 Å². The van der Waals surface area contributed by atoms with Crippen molar-refractivity contribution in [2.45, 2.75) is 19.3 Å². The van der Waals surface area contributed by atoms with Crippen molar-refractivity contribution in [3.8, 4) is 39.5 Å². The zero-order chi connectivity index (χ0) is 31.3. The summed E-state index contributed by atoms with van der Waals surface area (Å²) < 4.78 is 4.76. The Morgan fingerprint density at radius 3 is 2.19 bits per heavy atom. The van der Waals surface area contributed by atoms with Crippen molar-refractivity contribution >= 4 is 53.4 Å². The molecular formula is C43H29N3S. The van der Waals surface area contributed by atoms with E-state index < -0.39 is 0 Å². The number of benzene rings is 6. The molecule has 9 aromatic rings. The first-order valence-electron chi connectivity index (χ1n) is 16.1. The van der Waals surface area contributed by atoms with Crippen LogP contribution in [0.25, 0.3) is 81.6 Å². The van der Waals surface area contributed by atoms with Crippen LogP contribution in [0.5, 0.6) is 0 Å². The van der Waals surface area contributed by atoms with E-state index in [4.69, 9.17) is 9.97 Å². The summed E-state index contributed by atoms with van der Waals surface area (Å²) >= 11 is 1.77. The van der Waals surface area contributed by atoms with Gasteiger partial charge < -0.3 is 4.57 Å². The number of fused-ring (bicyclic) bond motifs is 9. The Bertz CT molecular complexity index is 2710. The highest BCUT2D eigenvalue weighted by Crippen LogP contribution is 2.51. The third kappa shape index (κ3) is 3.79. The quantitative estimate of drug-likeness (QED) is 0.197. The average molecular weight is 620 g/mol. The zero-order valence-corrected chi connectivity index (χ0v) is 26.8. The van der Waals surface area contributed by atoms with E-state index in [1.807, 2.05) is 0 Å². The Labute approximate surface area is 276 Å². The lowest BCUT2D eigenvalue weighted by molar-refractivity contribution is 0.661. The highest BCUT2D eigenvalue weighted by Gasteiger charge is 2.36. The van der Waals surface area contributed by atoms with Gasteiger partial charge in [0.05, 0.1) is 26.9 Å². The van der Waals surface area contributed by atoms with E-state index in [0.29, 0.717) is 0 Å². The maximum atomic E-state index is 5.26. The van der Waals surface area contributed by atoms with Gasteiger partial charge in [-0.2, -0.15) is 0 Å². The summed E-state index contributed by atoms with van der Waals surface area (Å²) in [6.45, 7) is 4.70. The minimum absolute atomic E-state index is 0.0541. The predicted molar refractivity (Wildman–Crippen MR) is 198 cm³/mol. The van der Waals surface area contributed by atoms with E-state index in [1.165, 1.54) is 54.1 Å². The fourth-order valence-corrected chi connectivity index (χ4v) is 8.89. The molecule has 47 heavy (non-hydrogen) atoms. The normalized spacial score (nSPS) is 13.5. The van der Waals surface area contributed by atoms with Crippen LogP contribution in [0.2, 0.25) is 0 Å². The molecule has 0 saturated carbocycles. The summed E-state index contributed by atoms with van der Waals surface area (Å²) in [6, 6.07) is 50.3. The molecule has 1 aliphatic carbocycles. The lowest BCUT2D eigenvalue weighted by Crippen LogP contribution is -2.14. The lowest BCUT2D eigenvalue weighted by Gasteiger charge is -2.21. The number of nitrogens with zero attached hydrogens (tertiary/aromatic N) is 3. The Morgan fingerprint density at radius 2 is 1.30 bits per heavy atom. The van der Waals surface area contributed by atoms with Crippen molar-refractivity contribution in [3.05, 3.63) is 151 Å². The van der Waals surface area contributed by atoms with Gasteiger partial charge >= 0.3 is 0 Å². The van der Waals surface area contributed by atoms with E-state index >= 15 is 0 Å². The Morgan fingerprint density at radius 1 is 0.553 bits per heavy atom. The maximum Gasteiger partial charge on any atom is 0.160 e. The molecule has 222 valence electrons. The molecule has 0 fully saturated rings. The highest BCUT2D eigenvalue weighted by atomic mass is 32.1. The number of thiophene rings is 1. The minimum Gasteiger partial charge on any atom is -0.309 e. The van der Waals surface area contributed by atoms with Crippen molar-refractivity contribution < 1.29 is 0 Å². The molecule has 0 saturated heterocycles. The number of para-hydroxylation sites is 1. The van der Waals surface area contributed by atoms with Crippen molar-refractivity contribution in [1.82, 2.24) is 14.5 Å². The molecule has 0 aliphatic heterocycles. The van der Waals surface area contributed by atoms with E-state index in [1.54, 1.807) is 11.3 Å². The molecule has 0 spiro atoms. The highest BCUT2D eigenvalue weighted by molar-refractivity contribution is 7.26. The van der Waals surface area contributed by atoms with Gasteiger partial charge in [0.2, 0.25) is 0 Å². The van der Waals surface area contributed by atoms with Crippen LogP contribution in [0.4, 0.5) is 0 Å². The number of aromatic nitrogens is 3. The van der Waals surface area contributed by atoms with Crippen molar-refractivity contribution in [1.29, 1.82) is 0 Å². The second-order valence-electron chi connectivity index (χ2n) is 13.0. The largest absolute Gasteiger partial charge is 0.309 e. The van der Waals surface area contributed by atoms with Crippen LogP contribution in [-0.2, 0) is 5.41 Å². The minimum atomic E-state index is -0.0541. The molecule has 0 bridgehead atoms. The van der Waals surface area contributed by atoms with Crippen LogP contribution in [-0.4, -0.2) is 14.5 Å². The van der Waals surface area contributed by atoms with Gasteiger partial charge in [0, 0.05) is 43.1 Å². The zero-order valence-electron chi connectivity index (χ0n) is 26.0. The smallest absolute Gasteiger partial charge is 0.160 e. The maximum absolute atomic E-state index is 5.26. The Kier molecular flexibility index (Phi) is 5.50. The van der Waals surface area contributed by atoms with E-state index in [2.05, 4.69) is 158 Å². The molecule has 0 unspecified atom stereocenters. The van der Waals surface area contributed by atoms with Crippen LogP contribution in [0.1, 0.15) is 25.0 Å². The van der Waals surface area contributed by atoms with Crippen molar-refractivity contribution in [2.24, 2.45) is 0 Å². The molecular weight excluding hydrogens is 591 g/mol. The standard InChI is InChI=1S/C43H29N3S/c1-43(2)34-20-9-6-17-29(34)32-25-37-33(24-35(32)43)30-18-7-10-21-36(30)46(37)28-16-12-15-27(23-28)42-44-39(26-13-4-3-5-14-26)41-40(45-42)31-19-8-11-22-38(31)47-41/h3-25H,1-2H3. The van der Waals surface area contributed by atoms with Gasteiger partial charge in [0.15, 0.2) is 5.82 Å². The predicted octanol–water partition coefficient (Wildman–Crippen LogP) is 11.6. The average Bonchev–Trinajstić information content (AvgIpc) is 3.73. The molecule has 1 aliphatic rings. The molecule has 4 heteroatoms. The summed E-state index contributed by atoms with van der Waals surface area (Å²) in [6.07, 6.45) is 0. The first-order chi connectivity index (χ1) is 23.1. The SMILES string of the molecule is CC1(C)c2ccccc2-c2cc3c(cc21)c1ccccc1n3-c1cccc(-c2nc(-c3ccccc3)c3sc4ccccc4c3n2)c1. The summed E-state index contributed by atoms with van der Waals surface area (Å²) in [5.41, 5.74) is 13.0. The molecule has 10 rings (SSSR count). The Balaban J connectivity index is 1.22. The molecule has 3 nitrogen and oxygen atoms in total. The third-order valence-electron chi connectivity index (χ3n) is 10.0. The van der Waals surface area contributed by atoms with Gasteiger partial charge in [-0.05, 0) is 58.7 Å². The summed E-state index contributed by atoms with van der Waals surface area (Å²) in [4.78, 5) is 10.5. The number of hydrogen-bond donors (Lipinski definition) is 0. The molecule has 3 aromatic heterocycles.